The van der Waals surface area contributed by atoms with Gasteiger partial charge in [-0.15, -0.1) is 0 Å². The Kier molecular flexibility index (Phi) is 5.11. The van der Waals surface area contributed by atoms with Crippen molar-refractivity contribution in [3.63, 3.8) is 0 Å². The predicted octanol–water partition coefficient (Wildman–Crippen LogP) is 1.43. The molecule has 1 aromatic heterocycles. The molecule has 0 saturated heterocycles. The van der Waals surface area contributed by atoms with Crippen LogP contribution in [0, 0.1) is 13.8 Å². The molecule has 5 nitrogen and oxygen atoms in total. The van der Waals surface area contributed by atoms with Crippen LogP contribution < -0.4 is 10.6 Å². The van der Waals surface area contributed by atoms with Gasteiger partial charge in [0.1, 0.15) is 0 Å². The van der Waals surface area contributed by atoms with Gasteiger partial charge in [0.15, 0.2) is 0 Å². The van der Waals surface area contributed by atoms with E-state index in [9.17, 15) is 4.79 Å². The number of hydrogen-bond acceptors (Lipinski definition) is 3. The quantitative estimate of drug-likeness (QED) is 0.847. The fourth-order valence-electron chi connectivity index (χ4n) is 1.90. The molecule has 0 aromatic carbocycles. The van der Waals surface area contributed by atoms with Gasteiger partial charge in [-0.2, -0.15) is 5.10 Å². The van der Waals surface area contributed by atoms with E-state index in [0.717, 1.165) is 17.0 Å². The van der Waals surface area contributed by atoms with Gasteiger partial charge in [-0.3, -0.25) is 9.48 Å². The molecule has 1 aromatic rings. The highest BCUT2D eigenvalue weighted by molar-refractivity contribution is 5.76. The lowest BCUT2D eigenvalue weighted by molar-refractivity contribution is -0.121. The van der Waals surface area contributed by atoms with Crippen LogP contribution in [-0.4, -0.2) is 27.8 Å². The van der Waals surface area contributed by atoms with Gasteiger partial charge in [0.25, 0.3) is 0 Å². The van der Waals surface area contributed by atoms with E-state index in [4.69, 9.17) is 0 Å². The Labute approximate surface area is 115 Å². The maximum absolute atomic E-state index is 11.8. The number of carbonyl (C=O) groups is 1. The second-order valence-electron chi connectivity index (χ2n) is 5.98. The van der Waals surface area contributed by atoms with Gasteiger partial charge < -0.3 is 10.6 Å². The van der Waals surface area contributed by atoms with Gasteiger partial charge in [-0.1, -0.05) is 0 Å². The van der Waals surface area contributed by atoms with E-state index in [1.807, 2.05) is 25.6 Å². The summed E-state index contributed by atoms with van der Waals surface area (Å²) in [6.45, 7) is 11.5. The second kappa shape index (κ2) is 6.19. The highest BCUT2D eigenvalue weighted by Gasteiger charge is 2.12. The Morgan fingerprint density at radius 1 is 1.32 bits per heavy atom. The minimum atomic E-state index is 0.0524. The van der Waals surface area contributed by atoms with Crippen molar-refractivity contribution in [2.75, 3.05) is 6.54 Å². The number of aromatic nitrogens is 2. The smallest absolute Gasteiger partial charge is 0.221 e. The van der Waals surface area contributed by atoms with E-state index >= 15 is 0 Å². The Morgan fingerprint density at radius 3 is 2.42 bits per heavy atom. The molecule has 0 aliphatic rings. The number of hydrogen-bond donors (Lipinski definition) is 2. The molecule has 2 N–H and O–H groups in total. The van der Waals surface area contributed by atoms with Crippen molar-refractivity contribution in [3.8, 4) is 0 Å². The first-order valence-corrected chi connectivity index (χ1v) is 6.71. The molecule has 1 heterocycles. The van der Waals surface area contributed by atoms with Crippen molar-refractivity contribution in [1.29, 1.82) is 0 Å². The van der Waals surface area contributed by atoms with Gasteiger partial charge in [-0.25, -0.2) is 0 Å². The molecule has 19 heavy (non-hydrogen) atoms. The Bertz CT molecular complexity index is 443. The maximum atomic E-state index is 11.8. The SMILES string of the molecule is Cc1nn(C)c(C)c1CNC(=O)CCNC(C)(C)C. The first kappa shape index (κ1) is 15.7. The number of nitrogens with one attached hydrogen (secondary N) is 2. The molecule has 5 heteroatoms. The largest absolute Gasteiger partial charge is 0.352 e. The number of amides is 1. The van der Waals surface area contributed by atoms with Crippen LogP contribution in [0.3, 0.4) is 0 Å². The first-order valence-electron chi connectivity index (χ1n) is 6.71. The van der Waals surface area contributed by atoms with Gasteiger partial charge in [-0.05, 0) is 34.6 Å². The van der Waals surface area contributed by atoms with Crippen molar-refractivity contribution in [2.24, 2.45) is 7.05 Å². The fourth-order valence-corrected chi connectivity index (χ4v) is 1.90. The number of carbonyl (C=O) groups excluding carboxylic acids is 1. The minimum Gasteiger partial charge on any atom is -0.352 e. The molecular weight excluding hydrogens is 240 g/mol. The van der Waals surface area contributed by atoms with Crippen molar-refractivity contribution >= 4 is 5.91 Å². The summed E-state index contributed by atoms with van der Waals surface area (Å²) in [6, 6.07) is 0. The lowest BCUT2D eigenvalue weighted by Crippen LogP contribution is -2.38. The molecule has 0 unspecified atom stereocenters. The second-order valence-corrected chi connectivity index (χ2v) is 5.98. The van der Waals surface area contributed by atoms with Crippen molar-refractivity contribution in [2.45, 2.75) is 53.1 Å². The molecule has 0 aliphatic carbocycles. The Balaban J connectivity index is 2.38. The topological polar surface area (TPSA) is 59.0 Å². The molecule has 1 amide bonds. The van der Waals surface area contributed by atoms with E-state index in [-0.39, 0.29) is 11.4 Å². The Morgan fingerprint density at radius 2 is 1.95 bits per heavy atom. The van der Waals surface area contributed by atoms with Crippen molar-refractivity contribution < 1.29 is 4.79 Å². The summed E-state index contributed by atoms with van der Waals surface area (Å²) < 4.78 is 1.85. The molecule has 0 aliphatic heterocycles. The van der Waals surface area contributed by atoms with Crippen LogP contribution in [-0.2, 0) is 18.4 Å². The highest BCUT2D eigenvalue weighted by atomic mass is 16.1. The van der Waals surface area contributed by atoms with Crippen molar-refractivity contribution in [3.05, 3.63) is 17.0 Å². The number of aryl methyl sites for hydroxylation is 2. The predicted molar refractivity (Wildman–Crippen MR) is 76.9 cm³/mol. The third-order valence-electron chi connectivity index (χ3n) is 3.13. The van der Waals surface area contributed by atoms with Crippen LogP contribution in [0.2, 0.25) is 0 Å². The summed E-state index contributed by atoms with van der Waals surface area (Å²) in [4.78, 5) is 11.8. The van der Waals surface area contributed by atoms with Crippen LogP contribution in [0.5, 0.6) is 0 Å². The standard InChI is InChI=1S/C14H26N4O/c1-10-12(11(2)18(6)17-10)9-15-13(19)7-8-16-14(3,4)5/h16H,7-9H2,1-6H3,(H,15,19). The maximum Gasteiger partial charge on any atom is 0.221 e. The summed E-state index contributed by atoms with van der Waals surface area (Å²) in [5.41, 5.74) is 3.25. The molecule has 1 rings (SSSR count). The normalized spacial score (nSPS) is 11.7. The fraction of sp³-hybridized carbons (Fsp3) is 0.714. The van der Waals surface area contributed by atoms with Crippen molar-refractivity contribution in [1.82, 2.24) is 20.4 Å². The zero-order valence-electron chi connectivity index (χ0n) is 12.9. The van der Waals surface area contributed by atoms with Gasteiger partial charge in [0.2, 0.25) is 5.91 Å². The van der Waals surface area contributed by atoms with E-state index in [0.29, 0.717) is 19.5 Å². The van der Waals surface area contributed by atoms with Crippen LogP contribution in [0.25, 0.3) is 0 Å². The lowest BCUT2D eigenvalue weighted by atomic mass is 10.1. The molecular formula is C14H26N4O. The third kappa shape index (κ3) is 5.03. The zero-order chi connectivity index (χ0) is 14.6. The van der Waals surface area contributed by atoms with Crippen LogP contribution in [0.4, 0.5) is 0 Å². The van der Waals surface area contributed by atoms with E-state index < -0.39 is 0 Å². The van der Waals surface area contributed by atoms with Gasteiger partial charge in [0, 0.05) is 43.4 Å². The Hall–Kier alpha value is -1.36. The highest BCUT2D eigenvalue weighted by Crippen LogP contribution is 2.11. The van der Waals surface area contributed by atoms with Crippen LogP contribution in [0.15, 0.2) is 0 Å². The van der Waals surface area contributed by atoms with Crippen LogP contribution in [0.1, 0.15) is 44.1 Å². The van der Waals surface area contributed by atoms with E-state index in [1.54, 1.807) is 0 Å². The zero-order valence-corrected chi connectivity index (χ0v) is 12.9. The van der Waals surface area contributed by atoms with Crippen LogP contribution >= 0.6 is 0 Å². The summed E-state index contributed by atoms with van der Waals surface area (Å²) >= 11 is 0. The minimum absolute atomic E-state index is 0.0524. The molecule has 0 atom stereocenters. The summed E-state index contributed by atoms with van der Waals surface area (Å²) in [5.74, 6) is 0.0689. The molecule has 0 radical (unpaired) electrons. The monoisotopic (exact) mass is 266 g/mol. The molecule has 108 valence electrons. The average molecular weight is 266 g/mol. The molecule has 0 saturated carbocycles. The van der Waals surface area contributed by atoms with Gasteiger partial charge in [0.05, 0.1) is 5.69 Å². The first-order chi connectivity index (χ1) is 8.70. The van der Waals surface area contributed by atoms with E-state index in [2.05, 4.69) is 36.5 Å². The molecule has 0 spiro atoms. The summed E-state index contributed by atoms with van der Waals surface area (Å²) in [5, 5.41) is 10.6. The lowest BCUT2D eigenvalue weighted by Gasteiger charge is -2.20. The van der Waals surface area contributed by atoms with Gasteiger partial charge >= 0.3 is 0 Å². The summed E-state index contributed by atoms with van der Waals surface area (Å²) in [7, 11) is 1.92. The van der Waals surface area contributed by atoms with E-state index in [1.165, 1.54) is 0 Å². The number of nitrogens with zero attached hydrogens (tertiary/aromatic N) is 2. The third-order valence-corrected chi connectivity index (χ3v) is 3.13. The molecule has 0 fully saturated rings. The number of rotatable bonds is 5. The summed E-state index contributed by atoms with van der Waals surface area (Å²) in [6.07, 6.45) is 0.496. The average Bonchev–Trinajstić information content (AvgIpc) is 2.49. The molecule has 0 bridgehead atoms.